The average molecular weight is 669 g/mol. The van der Waals surface area contributed by atoms with Crippen LogP contribution in [0.3, 0.4) is 0 Å². The largest absolute Gasteiger partial charge is 0.493 e. The smallest absolute Gasteiger partial charge is 0.307 e. The highest BCUT2D eigenvalue weighted by Gasteiger charge is 2.18. The summed E-state index contributed by atoms with van der Waals surface area (Å²) in [5.41, 5.74) is 5.41. The lowest BCUT2D eigenvalue weighted by atomic mass is 10.1. The van der Waals surface area contributed by atoms with Crippen LogP contribution in [0.25, 0.3) is 11.0 Å². The van der Waals surface area contributed by atoms with Gasteiger partial charge in [-0.15, -0.1) is 0 Å². The number of methoxy groups -OCH3 is 1. The molecule has 0 unspecified atom stereocenters. The summed E-state index contributed by atoms with van der Waals surface area (Å²) in [6.07, 6.45) is 4.84. The molecule has 0 atom stereocenters. The lowest BCUT2D eigenvalue weighted by Gasteiger charge is -2.26. The molecule has 1 aromatic heterocycles. The summed E-state index contributed by atoms with van der Waals surface area (Å²) in [5, 5.41) is 4.84. The van der Waals surface area contributed by atoms with Gasteiger partial charge in [0.2, 0.25) is 0 Å². The second kappa shape index (κ2) is 12.7. The van der Waals surface area contributed by atoms with Crippen LogP contribution in [0.4, 0.5) is 0 Å². The number of likely N-dealkylation sites (tertiary alicyclic amines) is 1. The molecule has 5 rings (SSSR count). The van der Waals surface area contributed by atoms with Crippen LogP contribution in [-0.2, 0) is 6.61 Å². The predicted octanol–water partition coefficient (Wildman–Crippen LogP) is 6.94. The second-order valence-electron chi connectivity index (χ2n) is 9.36. The number of rotatable bonds is 8. The Kier molecular flexibility index (Phi) is 8.86. The quantitative estimate of drug-likeness (QED) is 0.162. The van der Waals surface area contributed by atoms with Crippen LogP contribution in [0.2, 0.25) is 0 Å². The lowest BCUT2D eigenvalue weighted by Crippen LogP contribution is -2.35. The highest BCUT2D eigenvalue weighted by atomic mass is 79.9. The molecule has 0 radical (unpaired) electrons. The molecule has 2 amide bonds. The standard InChI is InChI=1S/C30H27Br2N3O5/c1-38-26-13-20(17-33-34-29(36)27-15-22-14-23(31)16-24(32)28(22)40-27)7-10-25(26)39-18-19-5-8-21(9-6-19)30(37)35-11-3-2-4-12-35/h5-10,13-17H,2-4,11-12,18H2,1H3,(H,34,36)/b33-17-. The van der Waals surface area contributed by atoms with Gasteiger partial charge in [-0.2, -0.15) is 5.10 Å². The van der Waals surface area contributed by atoms with E-state index in [1.54, 1.807) is 25.3 Å². The van der Waals surface area contributed by atoms with E-state index in [-0.39, 0.29) is 11.7 Å². The first-order chi connectivity index (χ1) is 19.4. The Bertz CT molecular complexity index is 1560. The number of fused-ring (bicyclic) bond motifs is 1. The van der Waals surface area contributed by atoms with Crippen molar-refractivity contribution >= 4 is 60.9 Å². The van der Waals surface area contributed by atoms with E-state index in [1.165, 1.54) is 12.6 Å². The van der Waals surface area contributed by atoms with E-state index in [9.17, 15) is 9.59 Å². The Balaban J connectivity index is 1.17. The summed E-state index contributed by atoms with van der Waals surface area (Å²) in [6.45, 7) is 1.98. The van der Waals surface area contributed by atoms with Crippen molar-refractivity contribution in [2.75, 3.05) is 20.2 Å². The first kappa shape index (κ1) is 27.9. The van der Waals surface area contributed by atoms with Crippen molar-refractivity contribution < 1.29 is 23.5 Å². The van der Waals surface area contributed by atoms with E-state index in [1.807, 2.05) is 47.4 Å². The predicted molar refractivity (Wildman–Crippen MR) is 160 cm³/mol. The summed E-state index contributed by atoms with van der Waals surface area (Å²) in [5.74, 6) is 0.861. The normalized spacial score (nSPS) is 13.5. The zero-order valence-electron chi connectivity index (χ0n) is 21.8. The summed E-state index contributed by atoms with van der Waals surface area (Å²) in [7, 11) is 1.56. The molecule has 1 aliphatic rings. The zero-order valence-corrected chi connectivity index (χ0v) is 25.0. The van der Waals surface area contributed by atoms with E-state index in [0.717, 1.165) is 45.8 Å². The topological polar surface area (TPSA) is 93.4 Å². The highest BCUT2D eigenvalue weighted by molar-refractivity contribution is 9.11. The second-order valence-corrected chi connectivity index (χ2v) is 11.1. The van der Waals surface area contributed by atoms with Crippen LogP contribution in [0.5, 0.6) is 11.5 Å². The molecule has 3 aromatic carbocycles. The minimum atomic E-state index is -0.467. The van der Waals surface area contributed by atoms with Crippen LogP contribution < -0.4 is 14.9 Å². The van der Waals surface area contributed by atoms with Crippen molar-refractivity contribution in [2.24, 2.45) is 5.10 Å². The molecule has 206 valence electrons. The molecule has 1 fully saturated rings. The number of benzene rings is 3. The van der Waals surface area contributed by atoms with Crippen molar-refractivity contribution in [3.63, 3.8) is 0 Å². The molecule has 2 heterocycles. The highest BCUT2D eigenvalue weighted by Crippen LogP contribution is 2.31. The number of piperidine rings is 1. The summed E-state index contributed by atoms with van der Waals surface area (Å²) >= 11 is 6.87. The number of carbonyl (C=O) groups is 2. The summed E-state index contributed by atoms with van der Waals surface area (Å²) < 4.78 is 18.8. The van der Waals surface area contributed by atoms with Gasteiger partial charge in [-0.25, -0.2) is 5.43 Å². The Labute approximate surface area is 248 Å². The van der Waals surface area contributed by atoms with Gasteiger partial charge in [0.1, 0.15) is 12.2 Å². The molecule has 1 N–H and O–H groups in total. The van der Waals surface area contributed by atoms with Gasteiger partial charge >= 0.3 is 5.91 Å². The molecular formula is C30H27Br2N3O5. The fourth-order valence-corrected chi connectivity index (χ4v) is 5.82. The number of nitrogens with zero attached hydrogens (tertiary/aromatic N) is 2. The first-order valence-corrected chi connectivity index (χ1v) is 14.4. The van der Waals surface area contributed by atoms with Crippen LogP contribution in [-0.4, -0.2) is 43.1 Å². The molecule has 0 bridgehead atoms. The maximum atomic E-state index is 12.7. The molecule has 8 nitrogen and oxygen atoms in total. The van der Waals surface area contributed by atoms with Crippen molar-refractivity contribution in [1.82, 2.24) is 10.3 Å². The van der Waals surface area contributed by atoms with Gasteiger partial charge in [0, 0.05) is 28.5 Å². The van der Waals surface area contributed by atoms with Crippen molar-refractivity contribution in [3.8, 4) is 11.5 Å². The number of hydrazone groups is 1. The van der Waals surface area contributed by atoms with Gasteiger partial charge < -0.3 is 18.8 Å². The van der Waals surface area contributed by atoms with E-state index < -0.39 is 5.91 Å². The van der Waals surface area contributed by atoms with E-state index in [2.05, 4.69) is 42.4 Å². The van der Waals surface area contributed by atoms with E-state index in [0.29, 0.717) is 34.8 Å². The Morgan fingerprint density at radius 2 is 1.77 bits per heavy atom. The van der Waals surface area contributed by atoms with Gasteiger partial charge in [-0.05, 0) is 94.9 Å². The number of hydrogen-bond donors (Lipinski definition) is 1. The van der Waals surface area contributed by atoms with Gasteiger partial charge in [-0.1, -0.05) is 28.1 Å². The van der Waals surface area contributed by atoms with Crippen molar-refractivity contribution in [1.29, 1.82) is 0 Å². The minimum absolute atomic E-state index is 0.0844. The molecule has 1 aliphatic heterocycles. The number of nitrogens with one attached hydrogen (secondary N) is 1. The summed E-state index contributed by atoms with van der Waals surface area (Å²) in [4.78, 5) is 27.1. The number of amides is 2. The molecule has 0 aliphatic carbocycles. The molecule has 1 saturated heterocycles. The van der Waals surface area contributed by atoms with Gasteiger partial charge in [-0.3, -0.25) is 9.59 Å². The first-order valence-electron chi connectivity index (χ1n) is 12.8. The number of furan rings is 1. The Morgan fingerprint density at radius 1 is 1.00 bits per heavy atom. The van der Waals surface area contributed by atoms with Gasteiger partial charge in [0.15, 0.2) is 17.3 Å². The molecule has 4 aromatic rings. The third kappa shape index (κ3) is 6.56. The molecule has 40 heavy (non-hydrogen) atoms. The van der Waals surface area contributed by atoms with Crippen molar-refractivity contribution in [2.45, 2.75) is 25.9 Å². The van der Waals surface area contributed by atoms with Crippen molar-refractivity contribution in [3.05, 3.63) is 92.1 Å². The number of halogens is 2. The maximum Gasteiger partial charge on any atom is 0.307 e. The minimum Gasteiger partial charge on any atom is -0.493 e. The van der Waals surface area contributed by atoms with Crippen LogP contribution in [0.15, 0.2) is 79.1 Å². The molecule has 10 heteroatoms. The van der Waals surface area contributed by atoms with Crippen LogP contribution in [0, 0.1) is 0 Å². The number of hydrogen-bond acceptors (Lipinski definition) is 6. The fourth-order valence-electron chi connectivity index (χ4n) is 4.48. The number of carbonyl (C=O) groups excluding carboxylic acids is 2. The third-order valence-electron chi connectivity index (χ3n) is 6.57. The third-order valence-corrected chi connectivity index (χ3v) is 7.61. The zero-order chi connectivity index (χ0) is 28.1. The van der Waals surface area contributed by atoms with E-state index >= 15 is 0 Å². The van der Waals surface area contributed by atoms with Crippen LogP contribution in [0.1, 0.15) is 51.3 Å². The summed E-state index contributed by atoms with van der Waals surface area (Å²) in [6, 6.07) is 18.3. The van der Waals surface area contributed by atoms with Gasteiger partial charge in [0.05, 0.1) is 17.8 Å². The molecular weight excluding hydrogens is 642 g/mol. The lowest BCUT2D eigenvalue weighted by molar-refractivity contribution is 0.0724. The molecule has 0 saturated carbocycles. The maximum absolute atomic E-state index is 12.7. The monoisotopic (exact) mass is 667 g/mol. The fraction of sp³-hybridized carbons (Fsp3) is 0.233. The SMILES string of the molecule is COc1cc(/C=N\NC(=O)c2cc3cc(Br)cc(Br)c3o2)ccc1OCc1ccc(C(=O)N2CCCCC2)cc1. The Hall–Kier alpha value is -3.63. The average Bonchev–Trinajstić information content (AvgIpc) is 3.41. The van der Waals surface area contributed by atoms with E-state index in [4.69, 9.17) is 13.9 Å². The molecule has 0 spiro atoms. The van der Waals surface area contributed by atoms with Gasteiger partial charge in [0.25, 0.3) is 5.91 Å². The number of ether oxygens (including phenoxy) is 2. The Morgan fingerprint density at radius 3 is 2.52 bits per heavy atom. The van der Waals surface area contributed by atoms with Crippen LogP contribution >= 0.6 is 31.9 Å².